The molecule has 0 bridgehead atoms. The fourth-order valence-electron chi connectivity index (χ4n) is 9.89. The molecule has 0 radical (unpaired) electrons. The Hall–Kier alpha value is -7.16. The average molecular weight is 786 g/mol. The molecule has 2 nitrogen and oxygen atoms in total. The Kier molecular flexibility index (Phi) is 8.44. The molecule has 0 amide bonds. The monoisotopic (exact) mass is 785 g/mol. The minimum absolute atomic E-state index is 0.0777. The predicted molar refractivity (Wildman–Crippen MR) is 258 cm³/mol. The number of benzene rings is 9. The molecule has 0 saturated heterocycles. The maximum absolute atomic E-state index is 6.54. The van der Waals surface area contributed by atoms with Crippen molar-refractivity contribution in [3.63, 3.8) is 0 Å². The van der Waals surface area contributed by atoms with Crippen LogP contribution in [0.4, 0.5) is 17.1 Å². The van der Waals surface area contributed by atoms with Crippen LogP contribution < -0.4 is 4.90 Å². The van der Waals surface area contributed by atoms with Crippen molar-refractivity contribution in [1.82, 2.24) is 0 Å². The fraction of sp³-hybridized carbons (Fsp3) is 0.119. The second kappa shape index (κ2) is 14.0. The van der Waals surface area contributed by atoms with Gasteiger partial charge >= 0.3 is 0 Å². The summed E-state index contributed by atoms with van der Waals surface area (Å²) in [5.41, 5.74) is 18.7. The van der Waals surface area contributed by atoms with Gasteiger partial charge in [0, 0.05) is 33.0 Å². The maximum Gasteiger partial charge on any atom is 0.136 e. The molecule has 0 spiro atoms. The van der Waals surface area contributed by atoms with E-state index in [1.165, 1.54) is 49.7 Å². The van der Waals surface area contributed by atoms with Gasteiger partial charge in [-0.25, -0.2) is 0 Å². The van der Waals surface area contributed by atoms with Crippen LogP contribution in [0.2, 0.25) is 0 Å². The lowest BCUT2D eigenvalue weighted by Crippen LogP contribution is -2.16. The molecule has 0 unspecified atom stereocenters. The summed E-state index contributed by atoms with van der Waals surface area (Å²) in [6.07, 6.45) is 0. The van der Waals surface area contributed by atoms with Gasteiger partial charge in [0.2, 0.25) is 0 Å². The molecule has 10 aromatic rings. The van der Waals surface area contributed by atoms with E-state index in [1.54, 1.807) is 0 Å². The molecule has 1 aromatic heterocycles. The first kappa shape index (κ1) is 36.9. The Bertz CT molecular complexity index is 3310. The highest BCUT2D eigenvalue weighted by molar-refractivity contribution is 6.18. The number of nitrogens with zero attached hydrogens (tertiary/aromatic N) is 1. The van der Waals surface area contributed by atoms with E-state index in [-0.39, 0.29) is 10.8 Å². The highest BCUT2D eigenvalue weighted by Gasteiger charge is 2.36. The third-order valence-electron chi connectivity index (χ3n) is 13.1. The standard InChI is InChI=1S/C59H47NO/c1-58(2,3)42-30-26-38(27-31-42)41-29-34-52(48(36-41)39-16-7-6-8-17-39)60(43-32-33-51-49(37-43)45-20-11-13-23-50(45)59(51,4)5)53-35-28-40-18-9-10-19-44(40)56(53)47-22-15-25-55-57(47)46-21-12-14-24-54(46)61-55/h6-37H,1-5H3. The van der Waals surface area contributed by atoms with Crippen LogP contribution in [0.3, 0.4) is 0 Å². The minimum Gasteiger partial charge on any atom is -0.456 e. The van der Waals surface area contributed by atoms with Gasteiger partial charge in [0.25, 0.3) is 0 Å². The third-order valence-corrected chi connectivity index (χ3v) is 13.1. The van der Waals surface area contributed by atoms with Crippen molar-refractivity contribution in [2.75, 3.05) is 4.90 Å². The lowest BCUT2D eigenvalue weighted by molar-refractivity contribution is 0.590. The van der Waals surface area contributed by atoms with E-state index in [9.17, 15) is 0 Å². The number of furan rings is 1. The Labute approximate surface area is 358 Å². The van der Waals surface area contributed by atoms with Gasteiger partial charge in [-0.2, -0.15) is 0 Å². The van der Waals surface area contributed by atoms with Gasteiger partial charge in [-0.15, -0.1) is 0 Å². The van der Waals surface area contributed by atoms with E-state index < -0.39 is 0 Å². The molecular weight excluding hydrogens is 739 g/mol. The van der Waals surface area contributed by atoms with Crippen LogP contribution in [0.15, 0.2) is 199 Å². The SMILES string of the molecule is CC(C)(C)c1ccc(-c2ccc(N(c3ccc4c(c3)-c3ccccc3C4(C)C)c3ccc4ccccc4c3-c3cccc4oc5ccccc5c34)c(-c3ccccc3)c2)cc1. The molecule has 1 aliphatic rings. The van der Waals surface area contributed by atoms with Gasteiger partial charge in [0.1, 0.15) is 11.2 Å². The van der Waals surface area contributed by atoms with Gasteiger partial charge in [-0.05, 0) is 109 Å². The van der Waals surface area contributed by atoms with Crippen molar-refractivity contribution in [3.8, 4) is 44.5 Å². The van der Waals surface area contributed by atoms with Crippen molar-refractivity contribution < 1.29 is 4.42 Å². The molecule has 1 aliphatic carbocycles. The normalized spacial score (nSPS) is 13.1. The number of para-hydroxylation sites is 1. The molecule has 294 valence electrons. The second-order valence-corrected chi connectivity index (χ2v) is 18.1. The summed E-state index contributed by atoms with van der Waals surface area (Å²) < 4.78 is 6.54. The van der Waals surface area contributed by atoms with E-state index >= 15 is 0 Å². The van der Waals surface area contributed by atoms with E-state index in [0.717, 1.165) is 61.3 Å². The van der Waals surface area contributed by atoms with Crippen LogP contribution in [0.25, 0.3) is 77.2 Å². The summed E-state index contributed by atoms with van der Waals surface area (Å²) >= 11 is 0. The van der Waals surface area contributed by atoms with Crippen LogP contribution in [0.5, 0.6) is 0 Å². The molecule has 0 N–H and O–H groups in total. The largest absolute Gasteiger partial charge is 0.456 e. The first-order valence-electron chi connectivity index (χ1n) is 21.4. The maximum atomic E-state index is 6.54. The van der Waals surface area contributed by atoms with Crippen LogP contribution in [0.1, 0.15) is 51.3 Å². The van der Waals surface area contributed by atoms with Crippen LogP contribution in [-0.2, 0) is 10.8 Å². The third kappa shape index (κ3) is 6.00. The Balaban J connectivity index is 1.23. The van der Waals surface area contributed by atoms with Gasteiger partial charge in [-0.1, -0.05) is 186 Å². The van der Waals surface area contributed by atoms with Crippen molar-refractivity contribution >= 4 is 49.8 Å². The van der Waals surface area contributed by atoms with Gasteiger partial charge in [0.05, 0.1) is 11.4 Å². The van der Waals surface area contributed by atoms with E-state index in [2.05, 4.69) is 234 Å². The van der Waals surface area contributed by atoms with Crippen LogP contribution >= 0.6 is 0 Å². The first-order valence-corrected chi connectivity index (χ1v) is 21.4. The molecule has 2 heteroatoms. The zero-order valence-electron chi connectivity index (χ0n) is 35.3. The number of rotatable bonds is 6. The van der Waals surface area contributed by atoms with E-state index in [4.69, 9.17) is 4.42 Å². The molecule has 0 atom stereocenters. The summed E-state index contributed by atoms with van der Waals surface area (Å²) in [6.45, 7) is 11.5. The van der Waals surface area contributed by atoms with E-state index in [1.807, 2.05) is 0 Å². The predicted octanol–water partition coefficient (Wildman–Crippen LogP) is 16.8. The summed E-state index contributed by atoms with van der Waals surface area (Å²) in [6, 6.07) is 71.5. The number of hydrogen-bond acceptors (Lipinski definition) is 2. The Morgan fingerprint density at radius 3 is 1.92 bits per heavy atom. The van der Waals surface area contributed by atoms with Gasteiger partial charge < -0.3 is 9.32 Å². The average Bonchev–Trinajstić information content (AvgIpc) is 3.78. The summed E-state index contributed by atoms with van der Waals surface area (Å²) in [4.78, 5) is 2.52. The highest BCUT2D eigenvalue weighted by atomic mass is 16.3. The zero-order chi connectivity index (χ0) is 41.5. The molecule has 61 heavy (non-hydrogen) atoms. The summed E-state index contributed by atoms with van der Waals surface area (Å²) in [5, 5.41) is 4.61. The molecular formula is C59H47NO. The Morgan fingerprint density at radius 2 is 1.10 bits per heavy atom. The number of hydrogen-bond donors (Lipinski definition) is 0. The van der Waals surface area contributed by atoms with Crippen molar-refractivity contribution in [3.05, 3.63) is 211 Å². The van der Waals surface area contributed by atoms with Crippen molar-refractivity contribution in [1.29, 1.82) is 0 Å². The van der Waals surface area contributed by atoms with E-state index in [0.29, 0.717) is 0 Å². The molecule has 0 fully saturated rings. The topological polar surface area (TPSA) is 16.4 Å². The fourth-order valence-corrected chi connectivity index (χ4v) is 9.89. The number of fused-ring (bicyclic) bond motifs is 7. The molecule has 0 saturated carbocycles. The van der Waals surface area contributed by atoms with Crippen LogP contribution in [-0.4, -0.2) is 0 Å². The summed E-state index contributed by atoms with van der Waals surface area (Å²) in [7, 11) is 0. The van der Waals surface area contributed by atoms with Crippen molar-refractivity contribution in [2.24, 2.45) is 0 Å². The smallest absolute Gasteiger partial charge is 0.136 e. The zero-order valence-corrected chi connectivity index (χ0v) is 35.3. The Morgan fingerprint density at radius 1 is 0.443 bits per heavy atom. The summed E-state index contributed by atoms with van der Waals surface area (Å²) in [5.74, 6) is 0. The number of anilines is 3. The molecule has 11 rings (SSSR count). The van der Waals surface area contributed by atoms with Crippen LogP contribution in [0, 0.1) is 0 Å². The molecule has 0 aliphatic heterocycles. The molecule has 9 aromatic carbocycles. The van der Waals surface area contributed by atoms with Crippen molar-refractivity contribution in [2.45, 2.75) is 45.4 Å². The quantitative estimate of drug-likeness (QED) is 0.167. The minimum atomic E-state index is -0.110. The van der Waals surface area contributed by atoms with Gasteiger partial charge in [-0.3, -0.25) is 0 Å². The highest BCUT2D eigenvalue weighted by Crippen LogP contribution is 2.54. The van der Waals surface area contributed by atoms with Gasteiger partial charge in [0.15, 0.2) is 0 Å². The first-order chi connectivity index (χ1) is 29.6. The lowest BCUT2D eigenvalue weighted by Gasteiger charge is -2.32. The second-order valence-electron chi connectivity index (χ2n) is 18.1. The molecule has 1 heterocycles. The lowest BCUT2D eigenvalue weighted by atomic mass is 9.82.